The second-order valence-corrected chi connectivity index (χ2v) is 4.50. The van der Waals surface area contributed by atoms with Crippen LogP contribution < -0.4 is 5.43 Å². The summed E-state index contributed by atoms with van der Waals surface area (Å²) in [6.45, 7) is 1.98. The van der Waals surface area contributed by atoms with Gasteiger partial charge >= 0.3 is 5.97 Å². The number of carboxylic acid groups (broad SMARTS) is 1. The van der Waals surface area contributed by atoms with Gasteiger partial charge in [-0.05, 0) is 18.8 Å². The maximum Gasteiger partial charge on any atom is 0.307 e. The lowest BCUT2D eigenvalue weighted by atomic mass is 9.96. The highest BCUT2D eigenvalue weighted by Crippen LogP contribution is 2.36. The molecule has 1 saturated carbocycles. The first-order valence-electron chi connectivity index (χ1n) is 5.12. The van der Waals surface area contributed by atoms with E-state index in [0.29, 0.717) is 18.8 Å². The molecular formula is C10H18N2O3. The molecule has 0 aliphatic heterocycles. The summed E-state index contributed by atoms with van der Waals surface area (Å²) < 4.78 is 0. The van der Waals surface area contributed by atoms with Gasteiger partial charge in [0.05, 0.1) is 11.8 Å². The highest BCUT2D eigenvalue weighted by molar-refractivity contribution is 5.85. The van der Waals surface area contributed by atoms with Crippen LogP contribution in [0, 0.1) is 17.8 Å². The highest BCUT2D eigenvalue weighted by Gasteiger charge is 2.41. The van der Waals surface area contributed by atoms with Crippen LogP contribution in [0.15, 0.2) is 0 Å². The van der Waals surface area contributed by atoms with Gasteiger partial charge in [-0.15, -0.1) is 0 Å². The molecule has 0 spiro atoms. The maximum absolute atomic E-state index is 11.7. The number of nitrogens with zero attached hydrogens (tertiary/aromatic N) is 1. The lowest BCUT2D eigenvalue weighted by Crippen LogP contribution is -2.42. The van der Waals surface area contributed by atoms with Gasteiger partial charge in [-0.25, -0.2) is 5.01 Å². The van der Waals surface area contributed by atoms with Crippen LogP contribution in [-0.2, 0) is 9.59 Å². The van der Waals surface area contributed by atoms with Crippen molar-refractivity contribution in [1.82, 2.24) is 10.4 Å². The highest BCUT2D eigenvalue weighted by atomic mass is 16.4. The molecule has 1 amide bonds. The molecule has 1 aliphatic carbocycles. The smallest absolute Gasteiger partial charge is 0.307 e. The summed E-state index contributed by atoms with van der Waals surface area (Å²) in [6.07, 6.45) is 1.26. The van der Waals surface area contributed by atoms with E-state index in [2.05, 4.69) is 5.43 Å². The van der Waals surface area contributed by atoms with E-state index < -0.39 is 11.9 Å². The molecule has 2 N–H and O–H groups in total. The molecule has 1 rings (SSSR count). The van der Waals surface area contributed by atoms with Crippen molar-refractivity contribution in [1.29, 1.82) is 0 Å². The van der Waals surface area contributed by atoms with Gasteiger partial charge in [0.15, 0.2) is 0 Å². The molecule has 0 radical (unpaired) electrons. The quantitative estimate of drug-likeness (QED) is 0.664. The van der Waals surface area contributed by atoms with Crippen molar-refractivity contribution < 1.29 is 14.7 Å². The Kier molecular flexibility index (Phi) is 3.68. The van der Waals surface area contributed by atoms with E-state index in [1.807, 2.05) is 6.92 Å². The number of carboxylic acids is 1. The van der Waals surface area contributed by atoms with Crippen molar-refractivity contribution in [2.75, 3.05) is 14.1 Å². The van der Waals surface area contributed by atoms with Crippen molar-refractivity contribution in [3.8, 4) is 0 Å². The van der Waals surface area contributed by atoms with E-state index >= 15 is 0 Å². The first-order valence-corrected chi connectivity index (χ1v) is 5.12. The molecule has 3 atom stereocenters. The number of amides is 1. The molecule has 1 unspecified atom stereocenters. The number of nitrogens with one attached hydrogen (secondary N) is 1. The molecule has 1 aliphatic rings. The Hall–Kier alpha value is -1.10. The largest absolute Gasteiger partial charge is 0.481 e. The molecule has 1 fully saturated rings. The van der Waals surface area contributed by atoms with Crippen molar-refractivity contribution >= 4 is 11.9 Å². The number of carbonyl (C=O) groups excluding carboxylic acids is 1. The Labute approximate surface area is 89.4 Å². The lowest BCUT2D eigenvalue weighted by Gasteiger charge is -2.18. The fraction of sp³-hybridized carbons (Fsp3) is 0.800. The SMILES string of the molecule is CC1C[C@H](C(=O)NN(C)C)[C@H](C(=O)O)C1. The molecule has 0 saturated heterocycles. The van der Waals surface area contributed by atoms with Crippen molar-refractivity contribution in [2.45, 2.75) is 19.8 Å². The Bertz CT molecular complexity index is 265. The number of rotatable bonds is 3. The van der Waals surface area contributed by atoms with Crippen LogP contribution in [0.2, 0.25) is 0 Å². The van der Waals surface area contributed by atoms with Gasteiger partial charge in [0.25, 0.3) is 0 Å². The average molecular weight is 214 g/mol. The lowest BCUT2D eigenvalue weighted by molar-refractivity contribution is -0.147. The predicted molar refractivity (Wildman–Crippen MR) is 54.8 cm³/mol. The van der Waals surface area contributed by atoms with Crippen LogP contribution in [0.5, 0.6) is 0 Å². The van der Waals surface area contributed by atoms with E-state index in [0.717, 1.165) is 0 Å². The Morgan fingerprint density at radius 3 is 2.27 bits per heavy atom. The van der Waals surface area contributed by atoms with Gasteiger partial charge in [-0.1, -0.05) is 6.92 Å². The molecule has 0 aromatic carbocycles. The van der Waals surface area contributed by atoms with E-state index in [9.17, 15) is 9.59 Å². The molecular weight excluding hydrogens is 196 g/mol. The van der Waals surface area contributed by atoms with Gasteiger partial charge < -0.3 is 5.11 Å². The number of hydrogen-bond acceptors (Lipinski definition) is 3. The number of hydrogen-bond donors (Lipinski definition) is 2. The van der Waals surface area contributed by atoms with Crippen LogP contribution in [0.3, 0.4) is 0 Å². The molecule has 15 heavy (non-hydrogen) atoms. The third-order valence-corrected chi connectivity index (χ3v) is 2.79. The first kappa shape index (κ1) is 12.0. The zero-order valence-corrected chi connectivity index (χ0v) is 9.36. The maximum atomic E-state index is 11.7. The van der Waals surface area contributed by atoms with Crippen LogP contribution in [0.4, 0.5) is 0 Å². The second-order valence-electron chi connectivity index (χ2n) is 4.50. The molecule has 0 bridgehead atoms. The van der Waals surface area contributed by atoms with Crippen molar-refractivity contribution in [3.63, 3.8) is 0 Å². The number of carbonyl (C=O) groups is 2. The molecule has 5 nitrogen and oxygen atoms in total. The zero-order chi connectivity index (χ0) is 11.6. The van der Waals surface area contributed by atoms with Gasteiger partial charge in [0, 0.05) is 14.1 Å². The van der Waals surface area contributed by atoms with E-state index in [-0.39, 0.29) is 11.8 Å². The van der Waals surface area contributed by atoms with Gasteiger partial charge in [0.2, 0.25) is 5.91 Å². The monoisotopic (exact) mass is 214 g/mol. The number of hydrazine groups is 1. The van der Waals surface area contributed by atoms with Crippen molar-refractivity contribution in [3.05, 3.63) is 0 Å². The Balaban J connectivity index is 2.66. The first-order chi connectivity index (χ1) is 6.91. The topological polar surface area (TPSA) is 69.6 Å². The average Bonchev–Trinajstić information content (AvgIpc) is 2.46. The third kappa shape index (κ3) is 2.92. The second kappa shape index (κ2) is 4.61. The summed E-state index contributed by atoms with van der Waals surface area (Å²) in [5, 5.41) is 10.5. The van der Waals surface area contributed by atoms with E-state index in [1.54, 1.807) is 19.1 Å². The number of aliphatic carboxylic acids is 1. The minimum Gasteiger partial charge on any atom is -0.481 e. The van der Waals surface area contributed by atoms with E-state index in [4.69, 9.17) is 5.11 Å². The zero-order valence-electron chi connectivity index (χ0n) is 9.36. The van der Waals surface area contributed by atoms with E-state index in [1.165, 1.54) is 0 Å². The summed E-state index contributed by atoms with van der Waals surface area (Å²) in [5.74, 6) is -1.65. The molecule has 0 heterocycles. The van der Waals surface area contributed by atoms with Gasteiger partial charge in [0.1, 0.15) is 0 Å². The normalized spacial score (nSPS) is 30.5. The minimum absolute atomic E-state index is 0.184. The Morgan fingerprint density at radius 1 is 1.27 bits per heavy atom. The minimum atomic E-state index is -0.863. The fourth-order valence-electron chi connectivity index (χ4n) is 2.16. The third-order valence-electron chi connectivity index (χ3n) is 2.79. The summed E-state index contributed by atoms with van der Waals surface area (Å²) in [7, 11) is 3.43. The summed E-state index contributed by atoms with van der Waals surface area (Å²) in [6, 6.07) is 0. The standard InChI is InChI=1S/C10H18N2O3/c1-6-4-7(8(5-6)10(14)15)9(13)11-12(2)3/h6-8H,4-5H2,1-3H3,(H,11,13)(H,14,15)/t6?,7-,8+/m0/s1. The van der Waals surface area contributed by atoms with Crippen molar-refractivity contribution in [2.24, 2.45) is 17.8 Å². The summed E-state index contributed by atoms with van der Waals surface area (Å²) in [4.78, 5) is 22.7. The van der Waals surface area contributed by atoms with Gasteiger partial charge in [-0.3, -0.25) is 15.0 Å². The molecule has 5 heteroatoms. The molecule has 0 aromatic heterocycles. The Morgan fingerprint density at radius 2 is 1.80 bits per heavy atom. The van der Waals surface area contributed by atoms with Crippen LogP contribution in [-0.4, -0.2) is 36.1 Å². The summed E-state index contributed by atoms with van der Waals surface area (Å²) in [5.41, 5.74) is 2.62. The molecule has 86 valence electrons. The van der Waals surface area contributed by atoms with Crippen LogP contribution in [0.25, 0.3) is 0 Å². The molecule has 0 aromatic rings. The van der Waals surface area contributed by atoms with Crippen LogP contribution in [0.1, 0.15) is 19.8 Å². The fourth-order valence-corrected chi connectivity index (χ4v) is 2.16. The predicted octanol–water partition coefficient (Wildman–Crippen LogP) is 0.326. The van der Waals surface area contributed by atoms with Crippen LogP contribution >= 0.6 is 0 Å². The van der Waals surface area contributed by atoms with Gasteiger partial charge in [-0.2, -0.15) is 0 Å². The summed E-state index contributed by atoms with van der Waals surface area (Å²) >= 11 is 0.